The van der Waals surface area contributed by atoms with E-state index in [9.17, 15) is 0 Å². The summed E-state index contributed by atoms with van der Waals surface area (Å²) < 4.78 is 5.54. The molecule has 2 rings (SSSR count). The van der Waals surface area contributed by atoms with Crippen LogP contribution in [0.15, 0.2) is 0 Å². The predicted molar refractivity (Wildman–Crippen MR) is 66.4 cm³/mol. The topological polar surface area (TPSA) is 38.5 Å². The first kappa shape index (κ1) is 12.3. The van der Waals surface area contributed by atoms with Crippen molar-refractivity contribution in [3.05, 3.63) is 0 Å². The van der Waals surface area contributed by atoms with E-state index in [2.05, 4.69) is 18.7 Å². The predicted octanol–water partition coefficient (Wildman–Crippen LogP) is 1.62. The van der Waals surface area contributed by atoms with Crippen LogP contribution in [0, 0.1) is 5.41 Å². The second-order valence-electron chi connectivity index (χ2n) is 6.22. The van der Waals surface area contributed by atoms with Gasteiger partial charge < -0.3 is 10.5 Å². The summed E-state index contributed by atoms with van der Waals surface area (Å²) in [5.41, 5.74) is 6.82. The van der Waals surface area contributed by atoms with Crippen molar-refractivity contribution < 1.29 is 4.74 Å². The smallest absolute Gasteiger partial charge is 0.0593 e. The van der Waals surface area contributed by atoms with Gasteiger partial charge in [0, 0.05) is 31.8 Å². The molecule has 0 spiro atoms. The van der Waals surface area contributed by atoms with Gasteiger partial charge in [-0.3, -0.25) is 4.90 Å². The van der Waals surface area contributed by atoms with Crippen molar-refractivity contribution in [2.75, 3.05) is 32.8 Å². The van der Waals surface area contributed by atoms with Crippen molar-refractivity contribution in [2.24, 2.45) is 11.1 Å². The standard InChI is InChI=1S/C13H26N2O/c1-12(2)4-5-13(10-12,11-14)15-6-3-8-16-9-7-15/h3-11,14H2,1-2H3. The van der Waals surface area contributed by atoms with Gasteiger partial charge in [-0.25, -0.2) is 0 Å². The van der Waals surface area contributed by atoms with Crippen LogP contribution < -0.4 is 5.73 Å². The Morgan fingerprint density at radius 1 is 1.19 bits per heavy atom. The molecule has 1 unspecified atom stereocenters. The third-order valence-corrected chi connectivity index (χ3v) is 4.35. The van der Waals surface area contributed by atoms with Crippen LogP contribution in [-0.2, 0) is 4.74 Å². The van der Waals surface area contributed by atoms with Gasteiger partial charge in [-0.15, -0.1) is 0 Å². The van der Waals surface area contributed by atoms with Crippen molar-refractivity contribution in [3.63, 3.8) is 0 Å². The summed E-state index contributed by atoms with van der Waals surface area (Å²) in [5, 5.41) is 0. The highest BCUT2D eigenvalue weighted by Crippen LogP contribution is 2.46. The van der Waals surface area contributed by atoms with Crippen LogP contribution in [0.25, 0.3) is 0 Å². The molecular weight excluding hydrogens is 200 g/mol. The molecular formula is C13H26N2O. The quantitative estimate of drug-likeness (QED) is 0.777. The Balaban J connectivity index is 2.08. The monoisotopic (exact) mass is 226 g/mol. The zero-order valence-electron chi connectivity index (χ0n) is 10.8. The number of ether oxygens (including phenoxy) is 1. The first-order chi connectivity index (χ1) is 7.58. The molecule has 0 bridgehead atoms. The first-order valence-electron chi connectivity index (χ1n) is 6.61. The molecule has 16 heavy (non-hydrogen) atoms. The highest BCUT2D eigenvalue weighted by atomic mass is 16.5. The SMILES string of the molecule is CC1(C)CCC(CN)(N2CCCOCC2)C1. The van der Waals surface area contributed by atoms with Crippen molar-refractivity contribution in [3.8, 4) is 0 Å². The average Bonchev–Trinajstić information content (AvgIpc) is 2.47. The molecule has 2 N–H and O–H groups in total. The van der Waals surface area contributed by atoms with Crippen LogP contribution in [0.4, 0.5) is 0 Å². The van der Waals surface area contributed by atoms with E-state index < -0.39 is 0 Å². The second-order valence-corrected chi connectivity index (χ2v) is 6.22. The van der Waals surface area contributed by atoms with Crippen molar-refractivity contribution in [2.45, 2.75) is 45.1 Å². The number of hydrogen-bond donors (Lipinski definition) is 1. The van der Waals surface area contributed by atoms with Crippen LogP contribution in [0.2, 0.25) is 0 Å². The highest BCUT2D eigenvalue weighted by Gasteiger charge is 2.45. The summed E-state index contributed by atoms with van der Waals surface area (Å²) in [7, 11) is 0. The Morgan fingerprint density at radius 3 is 2.62 bits per heavy atom. The van der Waals surface area contributed by atoms with E-state index in [1.807, 2.05) is 0 Å². The lowest BCUT2D eigenvalue weighted by Crippen LogP contribution is -2.53. The molecule has 1 saturated heterocycles. The van der Waals surface area contributed by atoms with Gasteiger partial charge in [0.15, 0.2) is 0 Å². The summed E-state index contributed by atoms with van der Waals surface area (Å²) >= 11 is 0. The van der Waals surface area contributed by atoms with Crippen molar-refractivity contribution in [1.82, 2.24) is 4.90 Å². The highest BCUT2D eigenvalue weighted by molar-refractivity contribution is 5.02. The van der Waals surface area contributed by atoms with Gasteiger partial charge in [-0.1, -0.05) is 13.8 Å². The van der Waals surface area contributed by atoms with Gasteiger partial charge in [0.2, 0.25) is 0 Å². The molecule has 1 aliphatic carbocycles. The first-order valence-corrected chi connectivity index (χ1v) is 6.61. The number of hydrogen-bond acceptors (Lipinski definition) is 3. The molecule has 0 amide bonds. The molecule has 1 saturated carbocycles. The third-order valence-electron chi connectivity index (χ3n) is 4.35. The normalized spacial score (nSPS) is 36.2. The van der Waals surface area contributed by atoms with E-state index in [-0.39, 0.29) is 5.54 Å². The molecule has 1 aliphatic heterocycles. The molecule has 0 aromatic heterocycles. The molecule has 2 fully saturated rings. The summed E-state index contributed by atoms with van der Waals surface area (Å²) in [5.74, 6) is 0. The third kappa shape index (κ3) is 2.41. The van der Waals surface area contributed by atoms with Crippen LogP contribution in [-0.4, -0.2) is 43.3 Å². The molecule has 1 heterocycles. The molecule has 3 nitrogen and oxygen atoms in total. The maximum absolute atomic E-state index is 6.09. The zero-order valence-corrected chi connectivity index (χ0v) is 10.8. The van der Waals surface area contributed by atoms with Crippen LogP contribution in [0.3, 0.4) is 0 Å². The molecule has 94 valence electrons. The minimum Gasteiger partial charge on any atom is -0.380 e. The minimum absolute atomic E-state index is 0.261. The second kappa shape index (κ2) is 4.63. The van der Waals surface area contributed by atoms with Gasteiger partial charge in [-0.2, -0.15) is 0 Å². The molecule has 0 radical (unpaired) electrons. The van der Waals surface area contributed by atoms with Gasteiger partial charge in [0.05, 0.1) is 6.61 Å². The largest absolute Gasteiger partial charge is 0.380 e. The Labute approximate surface area is 99.3 Å². The average molecular weight is 226 g/mol. The fourth-order valence-corrected chi connectivity index (χ4v) is 3.43. The lowest BCUT2D eigenvalue weighted by Gasteiger charge is -2.41. The van der Waals surface area contributed by atoms with Crippen molar-refractivity contribution >= 4 is 0 Å². The van der Waals surface area contributed by atoms with Gasteiger partial charge in [0.1, 0.15) is 0 Å². The van der Waals surface area contributed by atoms with Crippen LogP contribution >= 0.6 is 0 Å². The lowest BCUT2D eigenvalue weighted by atomic mass is 9.86. The van der Waals surface area contributed by atoms with Gasteiger partial charge in [-0.05, 0) is 31.1 Å². The minimum atomic E-state index is 0.261. The fourth-order valence-electron chi connectivity index (χ4n) is 3.43. The molecule has 0 aromatic rings. The molecule has 2 aliphatic rings. The summed E-state index contributed by atoms with van der Waals surface area (Å²) in [6.07, 6.45) is 4.97. The summed E-state index contributed by atoms with van der Waals surface area (Å²) in [4.78, 5) is 2.61. The maximum atomic E-state index is 6.09. The van der Waals surface area contributed by atoms with Crippen LogP contribution in [0.5, 0.6) is 0 Å². The Bertz CT molecular complexity index is 234. The van der Waals surface area contributed by atoms with Gasteiger partial charge in [0.25, 0.3) is 0 Å². The van der Waals surface area contributed by atoms with Crippen molar-refractivity contribution in [1.29, 1.82) is 0 Å². The van der Waals surface area contributed by atoms with E-state index in [0.717, 1.165) is 39.3 Å². The molecule has 3 heteroatoms. The van der Waals surface area contributed by atoms with Crippen LogP contribution in [0.1, 0.15) is 39.5 Å². The zero-order chi connectivity index (χ0) is 11.6. The van der Waals surface area contributed by atoms with E-state index in [1.165, 1.54) is 19.3 Å². The van der Waals surface area contributed by atoms with E-state index in [1.54, 1.807) is 0 Å². The molecule has 1 atom stereocenters. The lowest BCUT2D eigenvalue weighted by molar-refractivity contribution is 0.0785. The Morgan fingerprint density at radius 2 is 2.00 bits per heavy atom. The number of nitrogens with two attached hydrogens (primary N) is 1. The summed E-state index contributed by atoms with van der Waals surface area (Å²) in [6, 6.07) is 0. The maximum Gasteiger partial charge on any atom is 0.0593 e. The molecule has 0 aromatic carbocycles. The van der Waals surface area contributed by atoms with E-state index in [4.69, 9.17) is 10.5 Å². The number of nitrogens with zero attached hydrogens (tertiary/aromatic N) is 1. The summed E-state index contributed by atoms with van der Waals surface area (Å²) in [6.45, 7) is 9.57. The number of rotatable bonds is 2. The van der Waals surface area contributed by atoms with Gasteiger partial charge >= 0.3 is 0 Å². The Hall–Kier alpha value is -0.120. The Kier molecular flexibility index (Phi) is 3.57. The fraction of sp³-hybridized carbons (Fsp3) is 1.00. The van der Waals surface area contributed by atoms with E-state index >= 15 is 0 Å². The van der Waals surface area contributed by atoms with E-state index in [0.29, 0.717) is 5.41 Å².